The molecule has 2 N–H and O–H groups in total. The Kier molecular flexibility index (Phi) is 1.50. The third kappa shape index (κ3) is 0.993. The van der Waals surface area contributed by atoms with Gasteiger partial charge >= 0.3 is 0 Å². The molecule has 0 aliphatic carbocycles. The van der Waals surface area contributed by atoms with Crippen molar-refractivity contribution in [3.05, 3.63) is 12.3 Å². The molecule has 0 saturated carbocycles. The third-order valence-corrected chi connectivity index (χ3v) is 0.990. The lowest BCUT2D eigenvalue weighted by molar-refractivity contribution is 0.0495. The summed E-state index contributed by atoms with van der Waals surface area (Å²) < 4.78 is 4.95. The van der Waals surface area contributed by atoms with Gasteiger partial charge in [-0.15, -0.1) is 0 Å². The highest BCUT2D eigenvalue weighted by molar-refractivity contribution is 4.96. The number of aliphatic hydroxyl groups is 1. The Balaban J connectivity index is 2.32. The molecular formula is C5H9NO2. The van der Waals surface area contributed by atoms with Crippen LogP contribution in [0.2, 0.25) is 0 Å². The van der Waals surface area contributed by atoms with E-state index in [1.165, 1.54) is 0 Å². The number of nitrogens with one attached hydrogen (secondary N) is 1. The van der Waals surface area contributed by atoms with E-state index in [9.17, 15) is 0 Å². The Hall–Kier alpha value is -0.540. The van der Waals surface area contributed by atoms with Crippen LogP contribution in [-0.4, -0.2) is 24.5 Å². The van der Waals surface area contributed by atoms with E-state index in [0.717, 1.165) is 5.70 Å². The molecule has 0 aromatic rings. The summed E-state index contributed by atoms with van der Waals surface area (Å²) in [6.07, 6.45) is -0.220. The largest absolute Gasteiger partial charge is 0.392 e. The maximum atomic E-state index is 8.46. The molecule has 1 atom stereocenters. The number of aliphatic hydroxyl groups excluding tert-OH is 1. The molecule has 0 aromatic carbocycles. The minimum Gasteiger partial charge on any atom is -0.392 e. The average molecular weight is 115 g/mol. The van der Waals surface area contributed by atoms with Crippen LogP contribution >= 0.6 is 0 Å². The van der Waals surface area contributed by atoms with E-state index in [-0.39, 0.29) is 12.8 Å². The predicted octanol–water partition coefficient (Wildman–Crippen LogP) is -0.562. The summed E-state index contributed by atoms with van der Waals surface area (Å²) in [6.45, 7) is 4.14. The molecule has 3 heteroatoms. The van der Waals surface area contributed by atoms with Crippen molar-refractivity contribution < 1.29 is 9.84 Å². The fourth-order valence-electron chi connectivity index (χ4n) is 0.611. The van der Waals surface area contributed by atoms with E-state index in [2.05, 4.69) is 11.9 Å². The summed E-state index contributed by atoms with van der Waals surface area (Å²) in [7, 11) is 0. The first-order valence-corrected chi connectivity index (χ1v) is 2.49. The topological polar surface area (TPSA) is 41.5 Å². The highest BCUT2D eigenvalue weighted by atomic mass is 16.5. The fourth-order valence-corrected chi connectivity index (χ4v) is 0.611. The van der Waals surface area contributed by atoms with Crippen molar-refractivity contribution in [3.8, 4) is 0 Å². The van der Waals surface area contributed by atoms with Crippen LogP contribution in [0.4, 0.5) is 0 Å². The van der Waals surface area contributed by atoms with Gasteiger partial charge in [-0.05, 0) is 0 Å². The fraction of sp³-hybridized carbons (Fsp3) is 0.600. The smallest absolute Gasteiger partial charge is 0.151 e. The Morgan fingerprint density at radius 3 is 3.00 bits per heavy atom. The van der Waals surface area contributed by atoms with Crippen molar-refractivity contribution in [1.29, 1.82) is 0 Å². The summed E-state index contributed by atoms with van der Waals surface area (Å²) in [5.41, 5.74) is 0.837. The summed E-state index contributed by atoms with van der Waals surface area (Å²) >= 11 is 0. The summed E-state index contributed by atoms with van der Waals surface area (Å²) in [5.74, 6) is 0. The van der Waals surface area contributed by atoms with E-state index in [0.29, 0.717) is 6.61 Å². The lowest BCUT2D eigenvalue weighted by Gasteiger charge is -2.02. The van der Waals surface area contributed by atoms with Crippen LogP contribution in [0.15, 0.2) is 12.3 Å². The second-order valence-corrected chi connectivity index (χ2v) is 1.73. The van der Waals surface area contributed by atoms with E-state index in [1.54, 1.807) is 0 Å². The van der Waals surface area contributed by atoms with Gasteiger partial charge in [-0.2, -0.15) is 0 Å². The molecule has 0 bridgehead atoms. The van der Waals surface area contributed by atoms with Gasteiger partial charge in [0.15, 0.2) is 6.23 Å². The molecule has 1 fully saturated rings. The Bertz CT molecular complexity index is 103. The number of ether oxygens (including phenoxy) is 1. The maximum absolute atomic E-state index is 8.46. The predicted molar refractivity (Wildman–Crippen MR) is 29.1 cm³/mol. The first-order valence-electron chi connectivity index (χ1n) is 2.49. The van der Waals surface area contributed by atoms with Crippen LogP contribution in [0.5, 0.6) is 0 Å². The van der Waals surface area contributed by atoms with Gasteiger partial charge in [-0.25, -0.2) is 0 Å². The van der Waals surface area contributed by atoms with Gasteiger partial charge in [-0.3, -0.25) is 0 Å². The Labute approximate surface area is 48.0 Å². The van der Waals surface area contributed by atoms with Gasteiger partial charge in [0.05, 0.1) is 13.2 Å². The Morgan fingerprint density at radius 1 is 2.00 bits per heavy atom. The summed E-state index contributed by atoms with van der Waals surface area (Å²) in [4.78, 5) is 0. The van der Waals surface area contributed by atoms with Gasteiger partial charge in [0.25, 0.3) is 0 Å². The molecule has 46 valence electrons. The normalized spacial score (nSPS) is 28.1. The number of hydrogen-bond donors (Lipinski definition) is 2. The van der Waals surface area contributed by atoms with Gasteiger partial charge < -0.3 is 15.2 Å². The second kappa shape index (κ2) is 2.15. The minimum absolute atomic E-state index is 0.0129. The van der Waals surface area contributed by atoms with Crippen molar-refractivity contribution in [2.45, 2.75) is 6.23 Å². The molecule has 1 saturated heterocycles. The monoisotopic (exact) mass is 115 g/mol. The van der Waals surface area contributed by atoms with Crippen LogP contribution in [0.25, 0.3) is 0 Å². The van der Waals surface area contributed by atoms with E-state index in [4.69, 9.17) is 9.84 Å². The SMILES string of the molecule is C=C1COC(CO)N1. The zero-order valence-electron chi connectivity index (χ0n) is 4.55. The molecule has 1 rings (SSSR count). The van der Waals surface area contributed by atoms with Crippen molar-refractivity contribution >= 4 is 0 Å². The first-order chi connectivity index (χ1) is 3.83. The lowest BCUT2D eigenvalue weighted by Crippen LogP contribution is -2.24. The van der Waals surface area contributed by atoms with Gasteiger partial charge in [0.1, 0.15) is 0 Å². The lowest BCUT2D eigenvalue weighted by atomic mass is 10.5. The molecule has 1 aliphatic heterocycles. The molecule has 0 amide bonds. The Morgan fingerprint density at radius 2 is 2.75 bits per heavy atom. The molecule has 0 aromatic heterocycles. The van der Waals surface area contributed by atoms with Gasteiger partial charge in [0.2, 0.25) is 0 Å². The van der Waals surface area contributed by atoms with E-state index < -0.39 is 0 Å². The average Bonchev–Trinajstić information content (AvgIpc) is 2.14. The van der Waals surface area contributed by atoms with Crippen LogP contribution < -0.4 is 5.32 Å². The molecule has 1 aliphatic rings. The first kappa shape index (κ1) is 5.59. The van der Waals surface area contributed by atoms with E-state index >= 15 is 0 Å². The van der Waals surface area contributed by atoms with Crippen LogP contribution in [0.3, 0.4) is 0 Å². The zero-order chi connectivity index (χ0) is 5.98. The van der Waals surface area contributed by atoms with Crippen molar-refractivity contribution in [2.75, 3.05) is 13.2 Å². The van der Waals surface area contributed by atoms with Crippen molar-refractivity contribution in [2.24, 2.45) is 0 Å². The van der Waals surface area contributed by atoms with Crippen LogP contribution in [0.1, 0.15) is 0 Å². The molecule has 8 heavy (non-hydrogen) atoms. The van der Waals surface area contributed by atoms with Crippen LogP contribution in [0, 0.1) is 0 Å². The van der Waals surface area contributed by atoms with Crippen molar-refractivity contribution in [3.63, 3.8) is 0 Å². The van der Waals surface area contributed by atoms with Gasteiger partial charge in [0, 0.05) is 5.70 Å². The maximum Gasteiger partial charge on any atom is 0.151 e. The van der Waals surface area contributed by atoms with Gasteiger partial charge in [-0.1, -0.05) is 6.58 Å². The summed E-state index contributed by atoms with van der Waals surface area (Å²) in [6, 6.07) is 0. The van der Waals surface area contributed by atoms with E-state index in [1.807, 2.05) is 0 Å². The number of hydrogen-bond acceptors (Lipinski definition) is 3. The van der Waals surface area contributed by atoms with Crippen LogP contribution in [-0.2, 0) is 4.74 Å². The molecule has 0 radical (unpaired) electrons. The van der Waals surface area contributed by atoms with Crippen molar-refractivity contribution in [1.82, 2.24) is 5.32 Å². The number of rotatable bonds is 1. The second-order valence-electron chi connectivity index (χ2n) is 1.73. The molecular weight excluding hydrogens is 106 g/mol. The standard InChI is InChI=1S/C5H9NO2/c1-4-3-8-5(2-7)6-4/h5-7H,1-3H2. The summed E-state index contributed by atoms with van der Waals surface area (Å²) in [5, 5.41) is 11.3. The molecule has 1 unspecified atom stereocenters. The highest BCUT2D eigenvalue weighted by Crippen LogP contribution is 2.01. The third-order valence-electron chi connectivity index (χ3n) is 0.990. The molecule has 3 nitrogen and oxygen atoms in total. The quantitative estimate of drug-likeness (QED) is 0.481. The molecule has 0 spiro atoms. The highest BCUT2D eigenvalue weighted by Gasteiger charge is 2.14. The molecule has 1 heterocycles. The minimum atomic E-state index is -0.220. The zero-order valence-corrected chi connectivity index (χ0v) is 4.55.